The van der Waals surface area contributed by atoms with Gasteiger partial charge >= 0.3 is 5.97 Å². The molecule has 1 aliphatic rings. The van der Waals surface area contributed by atoms with E-state index in [0.29, 0.717) is 18.6 Å². The molecule has 0 radical (unpaired) electrons. The van der Waals surface area contributed by atoms with Crippen LogP contribution in [0, 0.1) is 20.8 Å². The van der Waals surface area contributed by atoms with Gasteiger partial charge in [-0.05, 0) is 67.9 Å². The third-order valence-electron chi connectivity index (χ3n) is 6.42. The van der Waals surface area contributed by atoms with E-state index >= 15 is 0 Å². The maximum atomic E-state index is 14.0. The van der Waals surface area contributed by atoms with Crippen LogP contribution in [0.2, 0.25) is 18.1 Å². The maximum Gasteiger partial charge on any atom is 0.335 e. The number of carbonyl (C=O) groups excluding carboxylic acids is 1. The molecule has 5 nitrogen and oxygen atoms in total. The molecule has 31 heavy (non-hydrogen) atoms. The molecule has 1 heterocycles. The summed E-state index contributed by atoms with van der Waals surface area (Å²) < 4.78 is 30.0. The number of carbonyl (C=O) groups is 1. The molecule has 0 aliphatic carbocycles. The van der Waals surface area contributed by atoms with Crippen LogP contribution in [0.5, 0.6) is 0 Å². The Morgan fingerprint density at radius 2 is 1.81 bits per heavy atom. The molecule has 0 saturated heterocycles. The van der Waals surface area contributed by atoms with Crippen molar-refractivity contribution in [2.75, 3.05) is 19.5 Å². The Morgan fingerprint density at radius 3 is 2.32 bits per heavy atom. The molecule has 0 fully saturated rings. The maximum absolute atomic E-state index is 14.0. The summed E-state index contributed by atoms with van der Waals surface area (Å²) in [6, 6.07) is 3.65. The molecule has 1 aliphatic heterocycles. The van der Waals surface area contributed by atoms with E-state index in [9.17, 15) is 9.35 Å². The fourth-order valence-electron chi connectivity index (χ4n) is 3.82. The zero-order valence-electron chi connectivity index (χ0n) is 20.6. The molecule has 7 heteroatoms. The number of nitrogens with zero attached hydrogens (tertiary/aromatic N) is 1. The standard InChI is InChI=1S/C24H39NO4SSi/c1-17-15-18(2)22(19(3)16-17)30(27)14-12-20(23(26)28-7)21(25-30)11-10-13-29-31(8,9)24(4,5)6/h12,15-16,21H,10-11,13-14H2,1-9H3/t21-,30?/m0/s1. The van der Waals surface area contributed by atoms with Crippen molar-refractivity contribution in [2.24, 2.45) is 4.36 Å². The van der Waals surface area contributed by atoms with Gasteiger partial charge in [0.05, 0.1) is 12.7 Å². The fourth-order valence-corrected chi connectivity index (χ4v) is 7.42. The average Bonchev–Trinajstić information content (AvgIpc) is 2.62. The summed E-state index contributed by atoms with van der Waals surface area (Å²) in [5.74, 6) is -0.156. The van der Waals surface area contributed by atoms with Crippen molar-refractivity contribution < 1.29 is 18.5 Å². The van der Waals surface area contributed by atoms with E-state index in [1.807, 2.05) is 32.9 Å². The number of methoxy groups -OCH3 is 1. The number of benzene rings is 1. The Labute approximate surface area is 190 Å². The lowest BCUT2D eigenvalue weighted by Gasteiger charge is -2.36. The lowest BCUT2D eigenvalue weighted by molar-refractivity contribution is -0.136. The number of esters is 1. The van der Waals surface area contributed by atoms with Gasteiger partial charge in [0.25, 0.3) is 0 Å². The Morgan fingerprint density at radius 1 is 1.23 bits per heavy atom. The van der Waals surface area contributed by atoms with Crippen molar-refractivity contribution in [3.8, 4) is 0 Å². The first-order valence-corrected chi connectivity index (χ1v) is 15.6. The number of hydrogen-bond donors (Lipinski definition) is 0. The predicted molar refractivity (Wildman–Crippen MR) is 131 cm³/mol. The zero-order chi connectivity index (χ0) is 23.6. The van der Waals surface area contributed by atoms with Gasteiger partial charge in [-0.15, -0.1) is 4.36 Å². The van der Waals surface area contributed by atoms with Gasteiger partial charge in [0.15, 0.2) is 8.32 Å². The van der Waals surface area contributed by atoms with Crippen molar-refractivity contribution in [2.45, 2.75) is 83.5 Å². The first kappa shape index (κ1) is 26.0. The Balaban J connectivity index is 2.28. The van der Waals surface area contributed by atoms with Gasteiger partial charge < -0.3 is 13.7 Å². The van der Waals surface area contributed by atoms with E-state index in [1.165, 1.54) is 7.11 Å². The smallest absolute Gasteiger partial charge is 0.335 e. The highest BCUT2D eigenvalue weighted by atomic mass is 32.3. The van der Waals surface area contributed by atoms with E-state index in [2.05, 4.69) is 33.9 Å². The second kappa shape index (κ2) is 9.69. The largest absolute Gasteiger partial charge is 0.626 e. The number of aryl methyl sites for hydroxylation is 3. The molecule has 2 rings (SSSR count). The lowest BCUT2D eigenvalue weighted by atomic mass is 10.0. The van der Waals surface area contributed by atoms with Gasteiger partial charge in [-0.3, -0.25) is 0 Å². The minimum absolute atomic E-state index is 0.147. The first-order chi connectivity index (χ1) is 14.2. The summed E-state index contributed by atoms with van der Waals surface area (Å²) in [6.45, 7) is 17.7. The quantitative estimate of drug-likeness (QED) is 0.223. The van der Waals surface area contributed by atoms with Crippen molar-refractivity contribution in [3.05, 3.63) is 40.5 Å². The van der Waals surface area contributed by atoms with Crippen LogP contribution in [0.4, 0.5) is 0 Å². The SMILES string of the molecule is COC(=O)C1=CC[S+]([O-])(c2c(C)cc(C)cc2C)=N[C@H]1CCCO[Si](C)(C)C(C)(C)C. The number of hydrogen-bond acceptors (Lipinski definition) is 5. The second-order valence-electron chi connectivity index (χ2n) is 10.1. The third-order valence-corrected chi connectivity index (χ3v) is 13.5. The zero-order valence-corrected chi connectivity index (χ0v) is 22.4. The van der Waals surface area contributed by atoms with Crippen molar-refractivity contribution in [1.29, 1.82) is 0 Å². The van der Waals surface area contributed by atoms with E-state index in [4.69, 9.17) is 13.5 Å². The molecule has 2 atom stereocenters. The molecule has 1 aromatic carbocycles. The van der Waals surface area contributed by atoms with E-state index in [-0.39, 0.29) is 10.8 Å². The predicted octanol–water partition coefficient (Wildman–Crippen LogP) is 5.72. The molecule has 1 aromatic rings. The highest BCUT2D eigenvalue weighted by Crippen LogP contribution is 2.37. The highest BCUT2D eigenvalue weighted by molar-refractivity contribution is 8.00. The normalized spacial score (nSPS) is 22.0. The van der Waals surface area contributed by atoms with Crippen LogP contribution in [-0.4, -0.2) is 44.4 Å². The van der Waals surface area contributed by atoms with Gasteiger partial charge in [0.1, 0.15) is 16.7 Å². The van der Waals surface area contributed by atoms with Crippen LogP contribution in [0.1, 0.15) is 50.3 Å². The Bertz CT molecular complexity index is 892. The topological polar surface area (TPSA) is 71.0 Å². The van der Waals surface area contributed by atoms with Crippen LogP contribution >= 0.6 is 0 Å². The molecule has 0 bridgehead atoms. The summed E-state index contributed by atoms with van der Waals surface area (Å²) in [7, 11) is -3.11. The molecular formula is C24H39NO4SSi. The molecule has 1 unspecified atom stereocenters. The summed E-state index contributed by atoms with van der Waals surface area (Å²) in [5.41, 5.74) is 3.63. The Hall–Kier alpha value is -1.28. The van der Waals surface area contributed by atoms with Crippen molar-refractivity contribution in [3.63, 3.8) is 0 Å². The third kappa shape index (κ3) is 5.95. The minimum Gasteiger partial charge on any atom is -0.626 e. The van der Waals surface area contributed by atoms with Crippen molar-refractivity contribution >= 4 is 24.4 Å². The molecule has 0 aromatic heterocycles. The van der Waals surface area contributed by atoms with Gasteiger partial charge in [0.2, 0.25) is 0 Å². The average molecular weight is 466 g/mol. The van der Waals surface area contributed by atoms with Gasteiger partial charge in [0, 0.05) is 17.7 Å². The van der Waals surface area contributed by atoms with Crippen LogP contribution in [-0.2, 0) is 24.1 Å². The highest BCUT2D eigenvalue weighted by Gasteiger charge is 2.37. The van der Waals surface area contributed by atoms with E-state index in [1.54, 1.807) is 6.08 Å². The van der Waals surface area contributed by atoms with E-state index < -0.39 is 30.4 Å². The summed E-state index contributed by atoms with van der Waals surface area (Å²) in [5, 5.41) is 0.147. The van der Waals surface area contributed by atoms with Crippen LogP contribution in [0.25, 0.3) is 0 Å². The molecule has 0 N–H and O–H groups in total. The molecule has 0 spiro atoms. The van der Waals surface area contributed by atoms with Gasteiger partial charge in [-0.25, -0.2) is 4.79 Å². The van der Waals surface area contributed by atoms with Crippen LogP contribution in [0.15, 0.2) is 33.0 Å². The summed E-state index contributed by atoms with van der Waals surface area (Å²) in [4.78, 5) is 13.2. The van der Waals surface area contributed by atoms with E-state index in [0.717, 1.165) is 28.0 Å². The van der Waals surface area contributed by atoms with Gasteiger partial charge in [-0.2, -0.15) is 0 Å². The Kier molecular flexibility index (Phi) is 8.12. The van der Waals surface area contributed by atoms with Crippen LogP contribution in [0.3, 0.4) is 0 Å². The van der Waals surface area contributed by atoms with Crippen molar-refractivity contribution in [1.82, 2.24) is 0 Å². The fraction of sp³-hybridized carbons (Fsp3) is 0.625. The minimum atomic E-state index is -2.65. The van der Waals surface area contributed by atoms with Crippen LogP contribution < -0.4 is 0 Å². The molecule has 174 valence electrons. The second-order valence-corrected chi connectivity index (χ2v) is 17.1. The monoisotopic (exact) mass is 465 g/mol. The summed E-state index contributed by atoms with van der Waals surface area (Å²) >= 11 is 0. The first-order valence-electron chi connectivity index (χ1n) is 11.0. The summed E-state index contributed by atoms with van der Waals surface area (Å²) in [6.07, 6.45) is 3.13. The number of ether oxygens (including phenoxy) is 1. The molecule has 0 amide bonds. The lowest BCUT2D eigenvalue weighted by Crippen LogP contribution is -2.41. The molecule has 0 saturated carbocycles. The number of rotatable bonds is 7. The molecular weight excluding hydrogens is 426 g/mol. The van der Waals surface area contributed by atoms with Gasteiger partial charge in [-0.1, -0.05) is 38.5 Å².